The zero-order chi connectivity index (χ0) is 44.2. The number of benzene rings is 3. The molecule has 0 unspecified atom stereocenters. The molecule has 58 heavy (non-hydrogen) atoms. The van der Waals surface area contributed by atoms with Gasteiger partial charge in [-0.25, -0.2) is 0 Å². The largest absolute Gasteiger partial charge is 0.497 e. The van der Waals surface area contributed by atoms with Gasteiger partial charge in [-0.2, -0.15) is 0 Å². The van der Waals surface area contributed by atoms with Crippen LogP contribution in [0.15, 0.2) is 121 Å². The molecule has 0 N–H and O–H groups in total. The van der Waals surface area contributed by atoms with E-state index in [0.29, 0.717) is 28.2 Å². The van der Waals surface area contributed by atoms with Crippen molar-refractivity contribution in [2.45, 2.75) is 96.2 Å². The molecule has 0 saturated heterocycles. The van der Waals surface area contributed by atoms with Gasteiger partial charge in [-0.15, -0.1) is 0 Å². The second-order valence-corrected chi connectivity index (χ2v) is 14.9. The molecule has 0 saturated carbocycles. The average molecular weight is 791 g/mol. The van der Waals surface area contributed by atoms with Gasteiger partial charge in [-0.05, 0) is 44.2 Å². The SMILES string of the molecule is C=C/C(C)=C\C(=C/C)C(=O)c1cn(CC(=O)C(C)(C)C)c2cc(OC)ccc12.CC.CC.COc1ccc2c(C=O)cn(CC(=O)C(C)(C)C)c2c1.c1ccccc1. The highest BCUT2D eigenvalue weighted by atomic mass is 16.5. The van der Waals surface area contributed by atoms with Crippen LogP contribution in [0.25, 0.3) is 21.8 Å². The number of aromatic nitrogens is 2. The van der Waals surface area contributed by atoms with Gasteiger partial charge >= 0.3 is 0 Å². The van der Waals surface area contributed by atoms with Gasteiger partial charge in [-0.3, -0.25) is 19.2 Å². The second-order valence-electron chi connectivity index (χ2n) is 14.9. The van der Waals surface area contributed by atoms with Gasteiger partial charge in [0.15, 0.2) is 23.6 Å². The summed E-state index contributed by atoms with van der Waals surface area (Å²) in [5, 5.41) is 1.64. The average Bonchev–Trinajstić information content (AvgIpc) is 3.77. The molecular weight excluding hydrogens is 725 g/mol. The van der Waals surface area contributed by atoms with E-state index >= 15 is 0 Å². The number of rotatable bonds is 11. The molecule has 2 heterocycles. The summed E-state index contributed by atoms with van der Waals surface area (Å²) in [5.74, 6) is 1.52. The fourth-order valence-corrected chi connectivity index (χ4v) is 5.27. The van der Waals surface area contributed by atoms with Gasteiger partial charge < -0.3 is 18.6 Å². The quantitative estimate of drug-likeness (QED) is 0.0572. The number of carbonyl (C=O) groups is 4. The smallest absolute Gasteiger partial charge is 0.194 e. The Kier molecular flexibility index (Phi) is 20.9. The van der Waals surface area contributed by atoms with Crippen molar-refractivity contribution in [2.75, 3.05) is 14.2 Å². The molecule has 3 aromatic carbocycles. The lowest BCUT2D eigenvalue weighted by molar-refractivity contribution is -0.127. The molecule has 0 aliphatic heterocycles. The summed E-state index contributed by atoms with van der Waals surface area (Å²) >= 11 is 0. The molecule has 2 aromatic heterocycles. The third-order valence-electron chi connectivity index (χ3n) is 8.83. The minimum Gasteiger partial charge on any atom is -0.497 e. The Morgan fingerprint density at radius 3 is 1.48 bits per heavy atom. The van der Waals surface area contributed by atoms with Crippen molar-refractivity contribution in [2.24, 2.45) is 10.8 Å². The lowest BCUT2D eigenvalue weighted by Crippen LogP contribution is -2.24. The highest BCUT2D eigenvalue weighted by Gasteiger charge is 2.25. The molecule has 312 valence electrons. The number of nitrogens with zero attached hydrogens (tertiary/aromatic N) is 2. The van der Waals surface area contributed by atoms with E-state index in [0.717, 1.165) is 33.7 Å². The molecule has 5 aromatic rings. The first-order valence-electron chi connectivity index (χ1n) is 19.9. The van der Waals surface area contributed by atoms with Crippen LogP contribution in [0.1, 0.15) is 104 Å². The Labute approximate surface area is 347 Å². The van der Waals surface area contributed by atoms with E-state index in [9.17, 15) is 19.2 Å². The van der Waals surface area contributed by atoms with Crippen LogP contribution in [-0.4, -0.2) is 47.0 Å². The van der Waals surface area contributed by atoms with Crippen molar-refractivity contribution in [1.82, 2.24) is 9.13 Å². The Hall–Kier alpha value is -5.76. The minimum absolute atomic E-state index is 0.0826. The van der Waals surface area contributed by atoms with Crippen molar-refractivity contribution in [3.63, 3.8) is 0 Å². The van der Waals surface area contributed by atoms with E-state index in [4.69, 9.17) is 9.47 Å². The molecule has 0 aliphatic carbocycles. The van der Waals surface area contributed by atoms with Gasteiger partial charge in [0, 0.05) is 62.8 Å². The van der Waals surface area contributed by atoms with Gasteiger partial charge in [0.1, 0.15) is 11.5 Å². The van der Waals surface area contributed by atoms with E-state index < -0.39 is 10.8 Å². The van der Waals surface area contributed by atoms with Crippen LogP contribution < -0.4 is 9.47 Å². The van der Waals surface area contributed by atoms with Crippen LogP contribution in [0.5, 0.6) is 11.5 Å². The molecular formula is C50H66N2O6. The number of ketones is 3. The third kappa shape index (κ3) is 14.3. The number of hydrogen-bond donors (Lipinski definition) is 0. The molecule has 0 aliphatic rings. The lowest BCUT2D eigenvalue weighted by Gasteiger charge is -2.17. The number of ether oxygens (including phenoxy) is 2. The maximum atomic E-state index is 13.2. The van der Waals surface area contributed by atoms with Crippen molar-refractivity contribution in [1.29, 1.82) is 0 Å². The minimum atomic E-state index is -0.460. The predicted octanol–water partition coefficient (Wildman–Crippen LogP) is 12.3. The van der Waals surface area contributed by atoms with Gasteiger partial charge in [-0.1, -0.05) is 130 Å². The third-order valence-corrected chi connectivity index (χ3v) is 8.83. The van der Waals surface area contributed by atoms with E-state index in [1.54, 1.807) is 38.8 Å². The first kappa shape index (κ1) is 50.3. The van der Waals surface area contributed by atoms with E-state index in [1.807, 2.05) is 171 Å². The highest BCUT2D eigenvalue weighted by Crippen LogP contribution is 2.30. The molecule has 5 rings (SSSR count). The van der Waals surface area contributed by atoms with Crippen molar-refractivity contribution < 1.29 is 28.7 Å². The summed E-state index contributed by atoms with van der Waals surface area (Å²) in [5.41, 5.74) is 3.44. The van der Waals surface area contributed by atoms with Crippen molar-refractivity contribution in [3.8, 4) is 11.5 Å². The van der Waals surface area contributed by atoms with Crippen LogP contribution in [-0.2, 0) is 22.7 Å². The summed E-state index contributed by atoms with van der Waals surface area (Å²) in [6.07, 6.45) is 9.64. The van der Waals surface area contributed by atoms with E-state index in [2.05, 4.69) is 6.58 Å². The number of methoxy groups -OCH3 is 2. The fourth-order valence-electron chi connectivity index (χ4n) is 5.27. The number of hydrogen-bond acceptors (Lipinski definition) is 6. The van der Waals surface area contributed by atoms with Gasteiger partial charge in [0.2, 0.25) is 0 Å². The summed E-state index contributed by atoms with van der Waals surface area (Å²) in [4.78, 5) is 49.2. The zero-order valence-electron chi connectivity index (χ0n) is 37.4. The highest BCUT2D eigenvalue weighted by molar-refractivity contribution is 6.18. The van der Waals surface area contributed by atoms with E-state index in [-0.39, 0.29) is 30.4 Å². The topological polar surface area (TPSA) is 96.6 Å². The van der Waals surface area contributed by atoms with Crippen molar-refractivity contribution >= 4 is 45.4 Å². The molecule has 8 heteroatoms. The fraction of sp³-hybridized carbons (Fsp3) is 0.360. The molecule has 0 atom stereocenters. The van der Waals surface area contributed by atoms with Gasteiger partial charge in [0.05, 0.1) is 38.3 Å². The maximum Gasteiger partial charge on any atom is 0.194 e. The first-order valence-corrected chi connectivity index (χ1v) is 19.9. The predicted molar refractivity (Wildman–Crippen MR) is 242 cm³/mol. The monoisotopic (exact) mass is 790 g/mol. The Bertz CT molecular complexity index is 2140. The summed E-state index contributed by atoms with van der Waals surface area (Å²) in [7, 11) is 3.19. The molecule has 8 nitrogen and oxygen atoms in total. The first-order chi connectivity index (χ1) is 27.5. The molecule has 0 fully saturated rings. The standard InChI is InChI=1S/C24H29NO3.C16H19NO3.C6H6.2C2H6/c1-8-16(3)12-17(9-2)23(27)20-14-25(15-22(26)24(4,5)6)21-13-18(28-7)10-11-19(20)21;1-16(2,3)15(19)9-17-8-11(10-18)13-6-5-12(20-4)7-14(13)17;1-2-4-6-5-3-1;2*1-2/h8-14H,1,15H2,2-7H3;5-8,10H,9H2,1-4H3;1-6H;2*1-2H3/b16-12-,17-9+;;;;. The Morgan fingerprint density at radius 1 is 0.690 bits per heavy atom. The Balaban J connectivity index is 0.000000484. The van der Waals surface area contributed by atoms with E-state index in [1.165, 1.54) is 0 Å². The summed E-state index contributed by atoms with van der Waals surface area (Å²) in [6, 6.07) is 23.1. The number of carbonyl (C=O) groups excluding carboxylic acids is 4. The maximum absolute atomic E-state index is 13.2. The number of aldehydes is 1. The molecule has 0 spiro atoms. The normalized spacial score (nSPS) is 11.3. The van der Waals surface area contributed by atoms with Crippen LogP contribution in [0.2, 0.25) is 0 Å². The van der Waals surface area contributed by atoms with Crippen LogP contribution in [0.4, 0.5) is 0 Å². The summed E-state index contributed by atoms with van der Waals surface area (Å²) in [6.45, 7) is 27.3. The lowest BCUT2D eigenvalue weighted by atomic mass is 9.91. The van der Waals surface area contributed by atoms with Crippen LogP contribution >= 0.6 is 0 Å². The van der Waals surface area contributed by atoms with Crippen LogP contribution in [0, 0.1) is 10.8 Å². The van der Waals surface area contributed by atoms with Gasteiger partial charge in [0.25, 0.3) is 0 Å². The number of Topliss-reactive ketones (excluding diaryl/α,β-unsaturated/α-hetero) is 3. The second kappa shape index (κ2) is 24.1. The number of fused-ring (bicyclic) bond motifs is 2. The zero-order valence-corrected chi connectivity index (χ0v) is 37.4. The molecule has 0 amide bonds. The summed E-state index contributed by atoms with van der Waals surface area (Å²) < 4.78 is 14.2. The number of allylic oxidation sites excluding steroid dienone is 5. The molecule has 0 bridgehead atoms. The van der Waals surface area contributed by atoms with Crippen molar-refractivity contribution in [3.05, 3.63) is 132 Å². The molecule has 0 radical (unpaired) electrons. The van der Waals surface area contributed by atoms with Crippen LogP contribution in [0.3, 0.4) is 0 Å². The Morgan fingerprint density at radius 2 is 1.10 bits per heavy atom.